The van der Waals surface area contributed by atoms with Gasteiger partial charge in [0, 0.05) is 18.2 Å². The zero-order valence-electron chi connectivity index (χ0n) is 22.3. The molecule has 0 spiro atoms. The maximum absolute atomic E-state index is 13.7. The van der Waals surface area contributed by atoms with Crippen LogP contribution in [0.2, 0.25) is 0 Å². The number of thiophene rings is 1. The van der Waals surface area contributed by atoms with Gasteiger partial charge in [0.05, 0.1) is 23.2 Å². The minimum atomic E-state index is -4.73. The summed E-state index contributed by atoms with van der Waals surface area (Å²) in [6.07, 6.45) is 0.149. The Morgan fingerprint density at radius 1 is 1.15 bits per heavy atom. The molecule has 2 aromatic rings. The molecule has 1 saturated heterocycles. The molecule has 2 aliphatic rings. The molecule has 0 radical (unpaired) electrons. The molecule has 40 heavy (non-hydrogen) atoms. The van der Waals surface area contributed by atoms with E-state index in [0.717, 1.165) is 53.8 Å². The summed E-state index contributed by atoms with van der Waals surface area (Å²) in [7, 11) is -4.36. The molecule has 2 fully saturated rings. The molecule has 2 aromatic heterocycles. The minimum Gasteiger partial charge on any atom is -0.477 e. The van der Waals surface area contributed by atoms with E-state index in [-0.39, 0.29) is 28.4 Å². The minimum absolute atomic E-state index is 0.0596. The van der Waals surface area contributed by atoms with Crippen molar-refractivity contribution in [1.29, 1.82) is 0 Å². The van der Waals surface area contributed by atoms with E-state index in [1.54, 1.807) is 6.07 Å². The highest BCUT2D eigenvalue weighted by atomic mass is 32.2. The Hall–Kier alpha value is -2.95. The average Bonchev–Trinajstić information content (AvgIpc) is 3.31. The van der Waals surface area contributed by atoms with Crippen LogP contribution in [0.1, 0.15) is 73.1 Å². The molecule has 1 N–H and O–H groups in total. The van der Waals surface area contributed by atoms with Gasteiger partial charge in [0.25, 0.3) is 0 Å². The number of amides is 1. The van der Waals surface area contributed by atoms with Gasteiger partial charge in [0.15, 0.2) is 0 Å². The van der Waals surface area contributed by atoms with Crippen molar-refractivity contribution in [3.63, 3.8) is 0 Å². The maximum Gasteiger partial charge on any atom is 0.433 e. The first kappa shape index (κ1) is 30.0. The van der Waals surface area contributed by atoms with E-state index in [9.17, 15) is 36.3 Å². The Bertz CT molecular complexity index is 1450. The van der Waals surface area contributed by atoms with E-state index in [1.165, 1.54) is 4.90 Å². The van der Waals surface area contributed by atoms with Crippen molar-refractivity contribution in [1.82, 2.24) is 9.29 Å². The number of sulfonamides is 1. The van der Waals surface area contributed by atoms with E-state index in [0.29, 0.717) is 17.1 Å². The molecule has 1 saturated carbocycles. The van der Waals surface area contributed by atoms with Crippen LogP contribution in [0.3, 0.4) is 0 Å². The number of anilines is 1. The number of hydrogen-bond acceptors (Lipinski definition) is 6. The number of nitrogens with zero attached hydrogens (tertiary/aromatic N) is 3. The highest BCUT2D eigenvalue weighted by Gasteiger charge is 2.44. The van der Waals surface area contributed by atoms with Crippen molar-refractivity contribution >= 4 is 38.9 Å². The number of aromatic carboxylic acids is 1. The summed E-state index contributed by atoms with van der Waals surface area (Å²) in [5.41, 5.74) is -1.37. The van der Waals surface area contributed by atoms with Crippen LogP contribution in [0.15, 0.2) is 29.3 Å². The van der Waals surface area contributed by atoms with Crippen molar-refractivity contribution in [2.45, 2.75) is 70.0 Å². The van der Waals surface area contributed by atoms with Gasteiger partial charge < -0.3 is 10.0 Å². The normalized spacial score (nSPS) is 19.8. The van der Waals surface area contributed by atoms with Crippen LogP contribution >= 0.6 is 11.3 Å². The molecule has 1 aliphatic heterocycles. The first-order valence-electron chi connectivity index (χ1n) is 12.8. The van der Waals surface area contributed by atoms with Gasteiger partial charge in [-0.2, -0.15) is 17.5 Å². The number of rotatable bonds is 5. The standard InChI is InChI=1S/C27H30F3N3O5S2/c1-26(2,3)12-11-18-13-20(24(39-18)25(35)36)33-21(17-7-5-4-6-8-17)15-32(16-23(33)34)40(37,38)19-9-10-22(31-14-19)27(28,29)30/h9-10,13-14,17,21H,4-8,15-16H2,1-3H3,(H,35,36)/t21-/m0/s1. The second kappa shape index (κ2) is 11.1. The molecular formula is C27H30F3N3O5S2. The van der Waals surface area contributed by atoms with E-state index in [2.05, 4.69) is 16.8 Å². The number of hydrogen-bond donors (Lipinski definition) is 1. The van der Waals surface area contributed by atoms with Crippen molar-refractivity contribution in [3.8, 4) is 11.8 Å². The Morgan fingerprint density at radius 3 is 2.38 bits per heavy atom. The van der Waals surface area contributed by atoms with Gasteiger partial charge in [-0.3, -0.25) is 9.78 Å². The molecule has 0 unspecified atom stereocenters. The molecule has 1 amide bonds. The Labute approximate surface area is 235 Å². The summed E-state index contributed by atoms with van der Waals surface area (Å²) in [6.45, 7) is 5.03. The maximum atomic E-state index is 13.7. The second-order valence-electron chi connectivity index (χ2n) is 11.0. The smallest absolute Gasteiger partial charge is 0.433 e. The lowest BCUT2D eigenvalue weighted by molar-refractivity contribution is -0.141. The lowest BCUT2D eigenvalue weighted by atomic mass is 9.82. The van der Waals surface area contributed by atoms with Crippen molar-refractivity contribution < 1.29 is 36.3 Å². The first-order valence-corrected chi connectivity index (χ1v) is 15.1. The van der Waals surface area contributed by atoms with E-state index in [1.807, 2.05) is 20.8 Å². The summed E-state index contributed by atoms with van der Waals surface area (Å²) in [5.74, 6) is 4.14. The SMILES string of the molecule is CC(C)(C)C#Cc1cc(N2C(=O)CN(S(=O)(=O)c3ccc(C(F)(F)F)nc3)C[C@H]2C2CCCCC2)c(C(=O)O)s1. The van der Waals surface area contributed by atoms with Crippen LogP contribution in [-0.4, -0.2) is 53.8 Å². The molecule has 1 atom stereocenters. The number of halogens is 3. The summed E-state index contributed by atoms with van der Waals surface area (Å²) >= 11 is 0.960. The predicted molar refractivity (Wildman–Crippen MR) is 143 cm³/mol. The Morgan fingerprint density at radius 2 is 1.82 bits per heavy atom. The van der Waals surface area contributed by atoms with Crippen LogP contribution < -0.4 is 4.90 Å². The van der Waals surface area contributed by atoms with E-state index < -0.39 is 51.3 Å². The molecule has 4 rings (SSSR count). The van der Waals surface area contributed by atoms with Gasteiger partial charge in [0.2, 0.25) is 15.9 Å². The number of carboxylic acid groups (broad SMARTS) is 1. The monoisotopic (exact) mass is 597 g/mol. The summed E-state index contributed by atoms with van der Waals surface area (Å²) in [6, 6.07) is 2.34. The first-order chi connectivity index (χ1) is 18.6. The summed E-state index contributed by atoms with van der Waals surface area (Å²) in [5, 5.41) is 9.96. The molecule has 1 aliphatic carbocycles. The lowest BCUT2D eigenvalue weighted by Crippen LogP contribution is -2.60. The fourth-order valence-electron chi connectivity index (χ4n) is 5.02. The fraction of sp³-hybridized carbons (Fsp3) is 0.519. The van der Waals surface area contributed by atoms with Crippen molar-refractivity contribution in [2.24, 2.45) is 11.3 Å². The molecule has 216 valence electrons. The number of aromatic nitrogens is 1. The second-order valence-corrected chi connectivity index (χ2v) is 14.0. The van der Waals surface area contributed by atoms with E-state index in [4.69, 9.17) is 0 Å². The molecule has 0 aromatic carbocycles. The zero-order valence-corrected chi connectivity index (χ0v) is 23.9. The van der Waals surface area contributed by atoms with Gasteiger partial charge >= 0.3 is 12.1 Å². The number of piperazine rings is 1. The average molecular weight is 598 g/mol. The highest BCUT2D eigenvalue weighted by Crippen LogP contribution is 2.39. The number of alkyl halides is 3. The van der Waals surface area contributed by atoms with Crippen LogP contribution in [0.25, 0.3) is 0 Å². The summed E-state index contributed by atoms with van der Waals surface area (Å²) < 4.78 is 66.7. The molecular weight excluding hydrogens is 567 g/mol. The quantitative estimate of drug-likeness (QED) is 0.472. The fourth-order valence-corrected chi connectivity index (χ4v) is 7.21. The van der Waals surface area contributed by atoms with Gasteiger partial charge in [-0.15, -0.1) is 11.3 Å². The molecule has 8 nitrogen and oxygen atoms in total. The molecule has 0 bridgehead atoms. The number of carbonyl (C=O) groups excluding carboxylic acids is 1. The van der Waals surface area contributed by atoms with Gasteiger partial charge in [-0.25, -0.2) is 13.2 Å². The molecule has 13 heteroatoms. The number of carbonyl (C=O) groups is 2. The highest BCUT2D eigenvalue weighted by molar-refractivity contribution is 7.89. The largest absolute Gasteiger partial charge is 0.477 e. The van der Waals surface area contributed by atoms with Gasteiger partial charge in [0.1, 0.15) is 15.5 Å². The third-order valence-electron chi connectivity index (χ3n) is 6.89. The van der Waals surface area contributed by atoms with Crippen molar-refractivity contribution in [2.75, 3.05) is 18.0 Å². The van der Waals surface area contributed by atoms with Gasteiger partial charge in [-0.1, -0.05) is 31.1 Å². The Kier molecular flexibility index (Phi) is 8.36. The van der Waals surface area contributed by atoms with Gasteiger partial charge in [-0.05, 0) is 57.7 Å². The van der Waals surface area contributed by atoms with Crippen molar-refractivity contribution in [3.05, 3.63) is 39.8 Å². The van der Waals surface area contributed by atoms with Crippen LogP contribution in [0.5, 0.6) is 0 Å². The third kappa shape index (κ3) is 6.50. The third-order valence-corrected chi connectivity index (χ3v) is 9.71. The lowest BCUT2D eigenvalue weighted by Gasteiger charge is -2.44. The Balaban J connectivity index is 1.73. The molecule has 3 heterocycles. The zero-order chi connectivity index (χ0) is 29.5. The van der Waals surface area contributed by atoms with Crippen LogP contribution in [-0.2, 0) is 21.0 Å². The predicted octanol–water partition coefficient (Wildman–Crippen LogP) is 5.24. The van der Waals surface area contributed by atoms with E-state index >= 15 is 0 Å². The summed E-state index contributed by atoms with van der Waals surface area (Å²) in [4.78, 5) is 30.5. The number of carboxylic acids is 1. The van der Waals surface area contributed by atoms with Crippen LogP contribution in [0.4, 0.5) is 18.9 Å². The topological polar surface area (TPSA) is 108 Å². The van der Waals surface area contributed by atoms with Crippen LogP contribution in [0, 0.1) is 23.2 Å². The number of pyridine rings is 1.